The number of hydrogen-bond acceptors (Lipinski definition) is 3. The van der Waals surface area contributed by atoms with Crippen LogP contribution in [0.25, 0.3) is 0 Å². The molecule has 1 aromatic heterocycles. The zero-order valence-electron chi connectivity index (χ0n) is 9.26. The van der Waals surface area contributed by atoms with E-state index in [1.165, 1.54) is 5.56 Å². The van der Waals surface area contributed by atoms with E-state index in [9.17, 15) is 0 Å². The molecule has 0 radical (unpaired) electrons. The highest BCUT2D eigenvalue weighted by molar-refractivity contribution is 5.27. The number of hydrogen-bond donors (Lipinski definition) is 1. The highest BCUT2D eigenvalue weighted by atomic mass is 16.5. The predicted molar refractivity (Wildman–Crippen MR) is 62.2 cm³/mol. The molecular formula is C12H15N3O. The number of rotatable bonds is 4. The summed E-state index contributed by atoms with van der Waals surface area (Å²) in [4.78, 5) is 0. The largest absolute Gasteiger partial charge is 0.497 e. The molecule has 0 saturated heterocycles. The van der Waals surface area contributed by atoms with Crippen molar-refractivity contribution in [1.82, 2.24) is 9.78 Å². The van der Waals surface area contributed by atoms with Crippen LogP contribution in [0.3, 0.4) is 0 Å². The van der Waals surface area contributed by atoms with Crippen molar-refractivity contribution in [2.24, 2.45) is 5.73 Å². The Balaban J connectivity index is 2.08. The Labute approximate surface area is 94.6 Å². The molecule has 1 heterocycles. The topological polar surface area (TPSA) is 53.1 Å². The summed E-state index contributed by atoms with van der Waals surface area (Å²) >= 11 is 0. The average Bonchev–Trinajstić information content (AvgIpc) is 2.78. The molecule has 1 aromatic carbocycles. The summed E-state index contributed by atoms with van der Waals surface area (Å²) in [5.74, 6) is 0.867. The van der Waals surface area contributed by atoms with Gasteiger partial charge >= 0.3 is 0 Å². The van der Waals surface area contributed by atoms with Crippen molar-refractivity contribution in [2.75, 3.05) is 7.11 Å². The van der Waals surface area contributed by atoms with E-state index in [1.54, 1.807) is 13.3 Å². The lowest BCUT2D eigenvalue weighted by Crippen LogP contribution is -2.00. The van der Waals surface area contributed by atoms with Gasteiger partial charge in [0.2, 0.25) is 0 Å². The summed E-state index contributed by atoms with van der Waals surface area (Å²) in [6.45, 7) is 1.28. The molecule has 0 aliphatic heterocycles. The number of benzene rings is 1. The molecule has 0 saturated carbocycles. The summed E-state index contributed by atoms with van der Waals surface area (Å²) in [5, 5.41) is 4.23. The first-order chi connectivity index (χ1) is 7.81. The van der Waals surface area contributed by atoms with Crippen LogP contribution in [0.2, 0.25) is 0 Å². The Morgan fingerprint density at radius 1 is 1.25 bits per heavy atom. The van der Waals surface area contributed by atoms with Crippen LogP contribution in [0, 0.1) is 0 Å². The minimum atomic E-state index is 0.530. The van der Waals surface area contributed by atoms with Gasteiger partial charge in [0.1, 0.15) is 5.75 Å². The van der Waals surface area contributed by atoms with E-state index in [-0.39, 0.29) is 0 Å². The highest BCUT2D eigenvalue weighted by Crippen LogP contribution is 2.12. The first kappa shape index (κ1) is 10.7. The Kier molecular flexibility index (Phi) is 3.22. The third-order valence-corrected chi connectivity index (χ3v) is 2.43. The predicted octanol–water partition coefficient (Wildman–Crippen LogP) is 1.40. The van der Waals surface area contributed by atoms with Gasteiger partial charge in [-0.05, 0) is 17.7 Å². The fourth-order valence-corrected chi connectivity index (χ4v) is 1.52. The van der Waals surface area contributed by atoms with E-state index in [4.69, 9.17) is 10.5 Å². The zero-order valence-corrected chi connectivity index (χ0v) is 9.26. The summed E-state index contributed by atoms with van der Waals surface area (Å²) < 4.78 is 6.98. The van der Waals surface area contributed by atoms with Gasteiger partial charge in [-0.2, -0.15) is 5.10 Å². The molecule has 0 aliphatic rings. The summed E-state index contributed by atoms with van der Waals surface area (Å²) in [6.07, 6.45) is 3.76. The van der Waals surface area contributed by atoms with Crippen molar-refractivity contribution < 1.29 is 4.74 Å². The Morgan fingerprint density at radius 3 is 2.56 bits per heavy atom. The van der Waals surface area contributed by atoms with Crippen molar-refractivity contribution in [1.29, 1.82) is 0 Å². The zero-order chi connectivity index (χ0) is 11.4. The van der Waals surface area contributed by atoms with Crippen LogP contribution in [0.1, 0.15) is 11.1 Å². The Bertz CT molecular complexity index is 448. The Morgan fingerprint density at radius 2 is 2.00 bits per heavy atom. The fourth-order valence-electron chi connectivity index (χ4n) is 1.52. The number of aromatic nitrogens is 2. The molecule has 0 aliphatic carbocycles. The van der Waals surface area contributed by atoms with Gasteiger partial charge in [0.15, 0.2) is 0 Å². The smallest absolute Gasteiger partial charge is 0.118 e. The standard InChI is InChI=1S/C12H15N3O/c1-16-12-4-2-10(3-5-12)8-15-9-11(6-13)7-14-15/h2-5,7,9H,6,8,13H2,1H3. The van der Waals surface area contributed by atoms with E-state index in [0.717, 1.165) is 17.9 Å². The molecule has 4 heteroatoms. The van der Waals surface area contributed by atoms with Gasteiger partial charge < -0.3 is 10.5 Å². The average molecular weight is 217 g/mol. The molecule has 0 bridgehead atoms. The number of nitrogens with zero attached hydrogens (tertiary/aromatic N) is 2. The van der Waals surface area contributed by atoms with Gasteiger partial charge in [0, 0.05) is 18.3 Å². The molecule has 2 rings (SSSR count). The van der Waals surface area contributed by atoms with E-state index < -0.39 is 0 Å². The summed E-state index contributed by atoms with van der Waals surface area (Å²) in [7, 11) is 1.66. The van der Waals surface area contributed by atoms with E-state index in [1.807, 2.05) is 35.1 Å². The monoisotopic (exact) mass is 217 g/mol. The number of methoxy groups -OCH3 is 1. The molecule has 0 unspecified atom stereocenters. The van der Waals surface area contributed by atoms with Crippen molar-refractivity contribution in [3.8, 4) is 5.75 Å². The third-order valence-electron chi connectivity index (χ3n) is 2.43. The molecule has 0 amide bonds. The second-order valence-corrected chi connectivity index (χ2v) is 3.60. The van der Waals surface area contributed by atoms with Crippen LogP contribution in [0.15, 0.2) is 36.7 Å². The maximum atomic E-state index is 5.52. The third kappa shape index (κ3) is 2.41. The number of nitrogens with two attached hydrogens (primary N) is 1. The molecule has 0 atom stereocenters. The lowest BCUT2D eigenvalue weighted by atomic mass is 10.2. The van der Waals surface area contributed by atoms with Crippen LogP contribution in [-0.2, 0) is 13.1 Å². The second-order valence-electron chi connectivity index (χ2n) is 3.60. The van der Waals surface area contributed by atoms with Crippen LogP contribution in [-0.4, -0.2) is 16.9 Å². The van der Waals surface area contributed by atoms with Crippen LogP contribution >= 0.6 is 0 Å². The second kappa shape index (κ2) is 4.81. The van der Waals surface area contributed by atoms with Crippen molar-refractivity contribution >= 4 is 0 Å². The molecular weight excluding hydrogens is 202 g/mol. The minimum Gasteiger partial charge on any atom is -0.497 e. The maximum absolute atomic E-state index is 5.52. The van der Waals surface area contributed by atoms with Gasteiger partial charge in [0.25, 0.3) is 0 Å². The molecule has 84 valence electrons. The van der Waals surface area contributed by atoms with Crippen LogP contribution in [0.5, 0.6) is 5.75 Å². The molecule has 4 nitrogen and oxygen atoms in total. The normalized spacial score (nSPS) is 10.4. The maximum Gasteiger partial charge on any atom is 0.118 e. The van der Waals surface area contributed by atoms with Gasteiger partial charge in [0.05, 0.1) is 19.9 Å². The number of ether oxygens (including phenoxy) is 1. The molecule has 2 N–H and O–H groups in total. The van der Waals surface area contributed by atoms with Gasteiger partial charge in [-0.1, -0.05) is 12.1 Å². The molecule has 0 spiro atoms. The van der Waals surface area contributed by atoms with Crippen molar-refractivity contribution in [2.45, 2.75) is 13.1 Å². The summed E-state index contributed by atoms with van der Waals surface area (Å²) in [6, 6.07) is 7.95. The fraction of sp³-hybridized carbons (Fsp3) is 0.250. The minimum absolute atomic E-state index is 0.530. The lowest BCUT2D eigenvalue weighted by molar-refractivity contribution is 0.414. The van der Waals surface area contributed by atoms with Gasteiger partial charge in [-0.15, -0.1) is 0 Å². The van der Waals surface area contributed by atoms with Crippen LogP contribution < -0.4 is 10.5 Å². The molecule has 0 fully saturated rings. The van der Waals surface area contributed by atoms with E-state index >= 15 is 0 Å². The molecule has 16 heavy (non-hydrogen) atoms. The lowest BCUT2D eigenvalue weighted by Gasteiger charge is -2.03. The first-order valence-corrected chi connectivity index (χ1v) is 5.16. The van der Waals surface area contributed by atoms with Crippen LogP contribution in [0.4, 0.5) is 0 Å². The Hall–Kier alpha value is -1.81. The van der Waals surface area contributed by atoms with Gasteiger partial charge in [-0.25, -0.2) is 0 Å². The quantitative estimate of drug-likeness (QED) is 0.842. The molecule has 2 aromatic rings. The van der Waals surface area contributed by atoms with E-state index in [2.05, 4.69) is 5.10 Å². The highest BCUT2D eigenvalue weighted by Gasteiger charge is 1.98. The SMILES string of the molecule is COc1ccc(Cn2cc(CN)cn2)cc1. The van der Waals surface area contributed by atoms with Crippen molar-refractivity contribution in [3.05, 3.63) is 47.8 Å². The van der Waals surface area contributed by atoms with E-state index in [0.29, 0.717) is 6.54 Å². The van der Waals surface area contributed by atoms with Crippen molar-refractivity contribution in [3.63, 3.8) is 0 Å². The van der Waals surface area contributed by atoms with Gasteiger partial charge in [-0.3, -0.25) is 4.68 Å². The summed E-state index contributed by atoms with van der Waals surface area (Å²) in [5.41, 5.74) is 7.76. The first-order valence-electron chi connectivity index (χ1n) is 5.16.